The predicted octanol–water partition coefficient (Wildman–Crippen LogP) is 4.15. The van der Waals surface area contributed by atoms with Crippen LogP contribution in [0.25, 0.3) is 32.9 Å². The molecule has 6 rings (SSSR count). The molecule has 1 aromatic heterocycles. The summed E-state index contributed by atoms with van der Waals surface area (Å²) in [5, 5.41) is 12.2. The largest absolute Gasteiger partial charge is 0.497 e. The van der Waals surface area contributed by atoms with E-state index in [4.69, 9.17) is 10.5 Å². The number of hydrogen-bond donors (Lipinski definition) is 2. The maximum atomic E-state index is 13.2. The Kier molecular flexibility index (Phi) is 4.39. The van der Waals surface area contributed by atoms with Crippen LogP contribution in [-0.2, 0) is 32.4 Å². The van der Waals surface area contributed by atoms with E-state index in [0.717, 1.165) is 63.7 Å². The van der Waals surface area contributed by atoms with E-state index in [9.17, 15) is 9.90 Å². The molecule has 4 aromatic rings. The van der Waals surface area contributed by atoms with Gasteiger partial charge in [0.15, 0.2) is 5.78 Å². The lowest BCUT2D eigenvalue weighted by atomic mass is 9.80. The van der Waals surface area contributed by atoms with Crippen LogP contribution in [-0.4, -0.2) is 29.2 Å². The third kappa shape index (κ3) is 2.55. The molecule has 3 aromatic carbocycles. The van der Waals surface area contributed by atoms with Gasteiger partial charge in [0, 0.05) is 41.4 Å². The van der Waals surface area contributed by atoms with Crippen LogP contribution in [0.3, 0.4) is 0 Å². The van der Waals surface area contributed by atoms with Gasteiger partial charge in [-0.25, -0.2) is 0 Å². The lowest BCUT2D eigenvalue weighted by Gasteiger charge is -2.25. The second-order valence-corrected chi connectivity index (χ2v) is 8.81. The van der Waals surface area contributed by atoms with E-state index in [1.165, 1.54) is 22.0 Å². The summed E-state index contributed by atoms with van der Waals surface area (Å²) in [6, 6.07) is 12.5. The SMILES string of the molecule is COc1ccc2c(c1)CCc1c-2c2c(c3c4cc(CN)ccc4n(CCO)c13)CCC2=O. The molecule has 3 N–H and O–H groups in total. The van der Waals surface area contributed by atoms with Crippen molar-refractivity contribution in [1.82, 2.24) is 4.57 Å². The second-order valence-electron chi connectivity index (χ2n) is 8.81. The summed E-state index contributed by atoms with van der Waals surface area (Å²) in [5.74, 6) is 1.08. The average molecular weight is 427 g/mol. The highest BCUT2D eigenvalue weighted by Gasteiger charge is 2.34. The Morgan fingerprint density at radius 1 is 1.03 bits per heavy atom. The topological polar surface area (TPSA) is 77.5 Å². The minimum Gasteiger partial charge on any atom is -0.497 e. The molecule has 0 fully saturated rings. The molecule has 0 saturated heterocycles. The third-order valence-electron chi connectivity index (χ3n) is 7.24. The van der Waals surface area contributed by atoms with Gasteiger partial charge in [0.25, 0.3) is 0 Å². The molecule has 5 heteroatoms. The molecule has 2 aliphatic carbocycles. The number of nitrogens with two attached hydrogens (primary N) is 1. The number of nitrogens with zero attached hydrogens (tertiary/aromatic N) is 1. The molecular weight excluding hydrogens is 400 g/mol. The van der Waals surface area contributed by atoms with Crippen LogP contribution in [0.4, 0.5) is 0 Å². The van der Waals surface area contributed by atoms with E-state index in [0.29, 0.717) is 19.5 Å². The fraction of sp³-hybridized carbons (Fsp3) is 0.296. The van der Waals surface area contributed by atoms with Gasteiger partial charge in [0.1, 0.15) is 5.75 Å². The molecule has 0 atom stereocenters. The molecule has 2 aliphatic rings. The summed E-state index contributed by atoms with van der Waals surface area (Å²) >= 11 is 0. The molecule has 5 nitrogen and oxygen atoms in total. The van der Waals surface area contributed by atoms with Crippen molar-refractivity contribution in [3.8, 4) is 16.9 Å². The molecule has 0 radical (unpaired) electrons. The first-order valence-corrected chi connectivity index (χ1v) is 11.3. The molecule has 1 heterocycles. The Bertz CT molecular complexity index is 1430. The van der Waals surface area contributed by atoms with Crippen molar-refractivity contribution in [3.63, 3.8) is 0 Å². The number of aliphatic hydroxyl groups excluding tert-OH is 1. The van der Waals surface area contributed by atoms with Gasteiger partial charge in [-0.1, -0.05) is 12.1 Å². The number of aliphatic hydroxyl groups is 1. The van der Waals surface area contributed by atoms with Crippen molar-refractivity contribution < 1.29 is 14.6 Å². The van der Waals surface area contributed by atoms with E-state index in [1.54, 1.807) is 7.11 Å². The van der Waals surface area contributed by atoms with E-state index in [-0.39, 0.29) is 12.4 Å². The molecule has 32 heavy (non-hydrogen) atoms. The number of ketones is 1. The lowest BCUT2D eigenvalue weighted by Crippen LogP contribution is -2.12. The smallest absolute Gasteiger partial charge is 0.164 e. The summed E-state index contributed by atoms with van der Waals surface area (Å²) in [7, 11) is 1.69. The van der Waals surface area contributed by atoms with Gasteiger partial charge >= 0.3 is 0 Å². The van der Waals surface area contributed by atoms with Gasteiger partial charge in [0.05, 0.1) is 19.2 Å². The van der Waals surface area contributed by atoms with Crippen LogP contribution in [0.1, 0.15) is 39.0 Å². The Hall–Kier alpha value is -3.15. The number of methoxy groups -OCH3 is 1. The highest BCUT2D eigenvalue weighted by Crippen LogP contribution is 2.48. The standard InChI is InChI=1S/C27H26N2O3/c1-32-17-4-6-18-16(13-17)3-5-20-24(18)26-19(7-9-23(26)31)25-21-12-15(14-28)2-8-22(21)29(10-11-30)27(20)25/h2,4,6,8,12-13,30H,3,5,7,9-11,14,28H2,1H3. The van der Waals surface area contributed by atoms with Crippen LogP contribution in [0.15, 0.2) is 36.4 Å². The number of ether oxygens (including phenoxy) is 1. The summed E-state index contributed by atoms with van der Waals surface area (Å²) < 4.78 is 7.71. The fourth-order valence-corrected chi connectivity index (χ4v) is 5.89. The van der Waals surface area contributed by atoms with Crippen LogP contribution in [0, 0.1) is 0 Å². The third-order valence-corrected chi connectivity index (χ3v) is 7.24. The Labute approximate surface area is 186 Å². The first-order valence-electron chi connectivity index (χ1n) is 11.3. The van der Waals surface area contributed by atoms with Crippen LogP contribution in [0.2, 0.25) is 0 Å². The average Bonchev–Trinajstić information content (AvgIpc) is 3.36. The van der Waals surface area contributed by atoms with Gasteiger partial charge in [-0.15, -0.1) is 0 Å². The van der Waals surface area contributed by atoms with Crippen molar-refractivity contribution in [2.24, 2.45) is 5.73 Å². The summed E-state index contributed by atoms with van der Waals surface area (Å²) in [6.07, 6.45) is 3.07. The molecule has 0 aliphatic heterocycles. The Morgan fingerprint density at radius 3 is 2.66 bits per heavy atom. The number of aryl methyl sites for hydroxylation is 3. The minimum absolute atomic E-state index is 0.0656. The van der Waals surface area contributed by atoms with Crippen molar-refractivity contribution in [2.45, 2.75) is 38.8 Å². The number of Topliss-reactive ketones (excluding diaryl/α,β-unsaturated/α-hetero) is 1. The zero-order chi connectivity index (χ0) is 22.0. The minimum atomic E-state index is 0.0656. The number of carbonyl (C=O) groups is 1. The Balaban J connectivity index is 1.80. The van der Waals surface area contributed by atoms with E-state index in [1.807, 2.05) is 6.07 Å². The summed E-state index contributed by atoms with van der Waals surface area (Å²) in [5.41, 5.74) is 16.1. The number of benzene rings is 3. The highest BCUT2D eigenvalue weighted by atomic mass is 16.5. The zero-order valence-electron chi connectivity index (χ0n) is 18.2. The summed E-state index contributed by atoms with van der Waals surface area (Å²) in [4.78, 5) is 13.2. The fourth-order valence-electron chi connectivity index (χ4n) is 5.89. The molecule has 0 unspecified atom stereocenters. The zero-order valence-corrected chi connectivity index (χ0v) is 18.2. The van der Waals surface area contributed by atoms with E-state index < -0.39 is 0 Å². The molecule has 0 bridgehead atoms. The number of fused-ring (bicyclic) bond motifs is 10. The predicted molar refractivity (Wildman–Crippen MR) is 126 cm³/mol. The van der Waals surface area contributed by atoms with E-state index >= 15 is 0 Å². The van der Waals surface area contributed by atoms with Gasteiger partial charge in [-0.3, -0.25) is 4.79 Å². The monoisotopic (exact) mass is 426 g/mol. The maximum Gasteiger partial charge on any atom is 0.164 e. The Morgan fingerprint density at radius 2 is 1.88 bits per heavy atom. The first kappa shape index (κ1) is 19.5. The van der Waals surface area contributed by atoms with Crippen molar-refractivity contribution in [3.05, 3.63) is 64.2 Å². The van der Waals surface area contributed by atoms with Crippen LogP contribution < -0.4 is 10.5 Å². The number of carbonyl (C=O) groups excluding carboxylic acids is 1. The molecule has 0 saturated carbocycles. The maximum absolute atomic E-state index is 13.2. The molecular formula is C27H26N2O3. The quantitative estimate of drug-likeness (QED) is 0.514. The van der Waals surface area contributed by atoms with Gasteiger partial charge in [0.2, 0.25) is 0 Å². The first-order chi connectivity index (χ1) is 15.7. The lowest BCUT2D eigenvalue weighted by molar-refractivity contribution is 0.0995. The second kappa shape index (κ2) is 7.19. The normalized spacial score (nSPS) is 14.7. The number of rotatable bonds is 4. The van der Waals surface area contributed by atoms with Crippen LogP contribution in [0.5, 0.6) is 5.75 Å². The van der Waals surface area contributed by atoms with Crippen LogP contribution >= 0.6 is 0 Å². The number of hydrogen-bond acceptors (Lipinski definition) is 4. The molecule has 162 valence electrons. The van der Waals surface area contributed by atoms with Crippen molar-refractivity contribution in [2.75, 3.05) is 13.7 Å². The highest BCUT2D eigenvalue weighted by molar-refractivity contribution is 6.20. The van der Waals surface area contributed by atoms with Gasteiger partial charge < -0.3 is 20.1 Å². The summed E-state index contributed by atoms with van der Waals surface area (Å²) in [6.45, 7) is 1.07. The van der Waals surface area contributed by atoms with Gasteiger partial charge in [-0.2, -0.15) is 0 Å². The molecule has 0 spiro atoms. The van der Waals surface area contributed by atoms with Crippen molar-refractivity contribution >= 4 is 27.6 Å². The molecule has 0 amide bonds. The van der Waals surface area contributed by atoms with E-state index in [2.05, 4.69) is 34.9 Å². The van der Waals surface area contributed by atoms with Crippen molar-refractivity contribution in [1.29, 1.82) is 0 Å². The van der Waals surface area contributed by atoms with Gasteiger partial charge in [-0.05, 0) is 76.9 Å². The number of aromatic nitrogens is 1.